The van der Waals surface area contributed by atoms with E-state index in [1.165, 1.54) is 0 Å². The van der Waals surface area contributed by atoms with Gasteiger partial charge in [0, 0.05) is 26.2 Å². The van der Waals surface area contributed by atoms with Gasteiger partial charge in [0.1, 0.15) is 0 Å². The molecular formula is C10H19F2N3O. The molecule has 1 saturated heterocycles. The van der Waals surface area contributed by atoms with Crippen LogP contribution in [0, 0.1) is 0 Å². The van der Waals surface area contributed by atoms with Crippen molar-refractivity contribution >= 4 is 5.91 Å². The Balaban J connectivity index is 2.34. The second-order valence-corrected chi connectivity index (χ2v) is 4.03. The molecule has 1 aliphatic rings. The molecule has 16 heavy (non-hydrogen) atoms. The van der Waals surface area contributed by atoms with Gasteiger partial charge in [0.05, 0.1) is 12.6 Å². The summed E-state index contributed by atoms with van der Waals surface area (Å²) in [7, 11) is 0. The van der Waals surface area contributed by atoms with E-state index in [1.807, 2.05) is 6.92 Å². The molecule has 4 nitrogen and oxygen atoms in total. The highest BCUT2D eigenvalue weighted by atomic mass is 19.3. The lowest BCUT2D eigenvalue weighted by Crippen LogP contribution is -2.53. The lowest BCUT2D eigenvalue weighted by molar-refractivity contribution is -0.134. The van der Waals surface area contributed by atoms with Crippen molar-refractivity contribution < 1.29 is 13.6 Å². The molecule has 0 radical (unpaired) electrons. The van der Waals surface area contributed by atoms with Gasteiger partial charge in [-0.2, -0.15) is 0 Å². The van der Waals surface area contributed by atoms with Gasteiger partial charge in [-0.1, -0.05) is 6.92 Å². The number of alkyl halides is 2. The van der Waals surface area contributed by atoms with Crippen LogP contribution < -0.4 is 5.73 Å². The standard InChI is InChI=1S/C10H19F2N3O/c1-2-8(13)10(16)15-5-3-14(4-6-15)7-9(11)12/h8-9H,2-7,13H2,1H3/t8-/m0/s1. The summed E-state index contributed by atoms with van der Waals surface area (Å²) in [5.41, 5.74) is 5.64. The number of nitrogens with two attached hydrogens (primary N) is 1. The first-order chi connectivity index (χ1) is 7.54. The number of amides is 1. The summed E-state index contributed by atoms with van der Waals surface area (Å²) >= 11 is 0. The molecular weight excluding hydrogens is 216 g/mol. The summed E-state index contributed by atoms with van der Waals surface area (Å²) < 4.78 is 24.2. The molecule has 1 rings (SSSR count). The Kier molecular flexibility index (Phi) is 5.08. The van der Waals surface area contributed by atoms with E-state index in [-0.39, 0.29) is 12.5 Å². The fraction of sp³-hybridized carbons (Fsp3) is 0.900. The maximum Gasteiger partial charge on any atom is 0.251 e. The minimum atomic E-state index is -2.31. The highest BCUT2D eigenvalue weighted by Crippen LogP contribution is 2.06. The summed E-state index contributed by atoms with van der Waals surface area (Å²) in [4.78, 5) is 15.0. The molecule has 0 aromatic carbocycles. The number of rotatable bonds is 4. The van der Waals surface area contributed by atoms with Crippen LogP contribution in [0.2, 0.25) is 0 Å². The molecule has 1 heterocycles. The van der Waals surface area contributed by atoms with Crippen LogP contribution in [0.4, 0.5) is 8.78 Å². The predicted octanol–water partition coefficient (Wildman–Crippen LogP) is 0.133. The number of piperazine rings is 1. The fourth-order valence-corrected chi connectivity index (χ4v) is 1.76. The van der Waals surface area contributed by atoms with E-state index >= 15 is 0 Å². The summed E-state index contributed by atoms with van der Waals surface area (Å²) in [6.45, 7) is 3.66. The van der Waals surface area contributed by atoms with E-state index in [0.29, 0.717) is 32.6 Å². The van der Waals surface area contributed by atoms with Crippen molar-refractivity contribution in [1.29, 1.82) is 0 Å². The van der Waals surface area contributed by atoms with Crippen LogP contribution in [-0.2, 0) is 4.79 Å². The second-order valence-electron chi connectivity index (χ2n) is 4.03. The van der Waals surface area contributed by atoms with Crippen molar-refractivity contribution in [2.45, 2.75) is 25.8 Å². The Labute approximate surface area is 94.4 Å². The Hall–Kier alpha value is -0.750. The Morgan fingerprint density at radius 2 is 1.88 bits per heavy atom. The topological polar surface area (TPSA) is 49.6 Å². The van der Waals surface area contributed by atoms with Crippen LogP contribution in [-0.4, -0.2) is 60.9 Å². The summed E-state index contributed by atoms with van der Waals surface area (Å²) in [6, 6.07) is -0.457. The first kappa shape index (κ1) is 13.3. The zero-order valence-electron chi connectivity index (χ0n) is 9.53. The molecule has 2 N–H and O–H groups in total. The minimum Gasteiger partial charge on any atom is -0.339 e. The van der Waals surface area contributed by atoms with Crippen molar-refractivity contribution in [3.05, 3.63) is 0 Å². The number of hydrogen-bond donors (Lipinski definition) is 1. The van der Waals surface area contributed by atoms with Crippen molar-refractivity contribution in [2.75, 3.05) is 32.7 Å². The lowest BCUT2D eigenvalue weighted by Gasteiger charge is -2.35. The largest absolute Gasteiger partial charge is 0.339 e. The van der Waals surface area contributed by atoms with Crippen LogP contribution in [0.1, 0.15) is 13.3 Å². The van der Waals surface area contributed by atoms with E-state index in [9.17, 15) is 13.6 Å². The third-order valence-corrected chi connectivity index (χ3v) is 2.84. The molecule has 94 valence electrons. The Morgan fingerprint density at radius 1 is 1.31 bits per heavy atom. The van der Waals surface area contributed by atoms with Crippen molar-refractivity contribution in [2.24, 2.45) is 5.73 Å². The monoisotopic (exact) mass is 235 g/mol. The first-order valence-corrected chi connectivity index (χ1v) is 5.59. The van der Waals surface area contributed by atoms with Gasteiger partial charge in [0.15, 0.2) is 0 Å². The molecule has 0 spiro atoms. The Bertz CT molecular complexity index is 230. The normalized spacial score (nSPS) is 20.2. The van der Waals surface area contributed by atoms with E-state index < -0.39 is 12.5 Å². The van der Waals surface area contributed by atoms with E-state index in [2.05, 4.69) is 0 Å². The maximum absolute atomic E-state index is 12.1. The highest BCUT2D eigenvalue weighted by Gasteiger charge is 2.25. The van der Waals surface area contributed by atoms with Crippen LogP contribution in [0.5, 0.6) is 0 Å². The molecule has 0 unspecified atom stereocenters. The number of nitrogens with zero attached hydrogens (tertiary/aromatic N) is 2. The van der Waals surface area contributed by atoms with Crippen LogP contribution in [0.15, 0.2) is 0 Å². The third-order valence-electron chi connectivity index (χ3n) is 2.84. The predicted molar refractivity (Wildman–Crippen MR) is 57.3 cm³/mol. The Morgan fingerprint density at radius 3 is 2.31 bits per heavy atom. The van der Waals surface area contributed by atoms with E-state index in [0.717, 1.165) is 0 Å². The molecule has 1 atom stereocenters. The average Bonchev–Trinajstić information content (AvgIpc) is 2.27. The second kappa shape index (κ2) is 6.10. The highest BCUT2D eigenvalue weighted by molar-refractivity contribution is 5.81. The van der Waals surface area contributed by atoms with Gasteiger partial charge >= 0.3 is 0 Å². The number of carbonyl (C=O) groups is 1. The molecule has 6 heteroatoms. The minimum absolute atomic E-state index is 0.0702. The quantitative estimate of drug-likeness (QED) is 0.753. The number of halogens is 2. The van der Waals surface area contributed by atoms with Crippen LogP contribution >= 0.6 is 0 Å². The number of carbonyl (C=O) groups excluding carboxylic acids is 1. The van der Waals surface area contributed by atoms with Gasteiger partial charge in [-0.3, -0.25) is 9.69 Å². The average molecular weight is 235 g/mol. The third kappa shape index (κ3) is 3.68. The molecule has 0 aromatic rings. The van der Waals surface area contributed by atoms with Gasteiger partial charge in [-0.15, -0.1) is 0 Å². The molecule has 1 aliphatic heterocycles. The summed E-state index contributed by atoms with van der Waals surface area (Å²) in [5, 5.41) is 0. The SMILES string of the molecule is CC[C@H](N)C(=O)N1CCN(CC(F)F)CC1. The van der Waals surface area contributed by atoms with Crippen molar-refractivity contribution in [3.63, 3.8) is 0 Å². The van der Waals surface area contributed by atoms with Gasteiger partial charge in [0.2, 0.25) is 5.91 Å². The molecule has 0 aromatic heterocycles. The summed E-state index contributed by atoms with van der Waals surface area (Å²) in [5.74, 6) is -0.0702. The van der Waals surface area contributed by atoms with Gasteiger partial charge in [0.25, 0.3) is 6.43 Å². The van der Waals surface area contributed by atoms with Crippen molar-refractivity contribution in [3.8, 4) is 0 Å². The zero-order valence-corrected chi connectivity index (χ0v) is 9.53. The fourth-order valence-electron chi connectivity index (χ4n) is 1.76. The smallest absolute Gasteiger partial charge is 0.251 e. The van der Waals surface area contributed by atoms with E-state index in [4.69, 9.17) is 5.73 Å². The molecule has 0 saturated carbocycles. The van der Waals surface area contributed by atoms with Crippen LogP contribution in [0.3, 0.4) is 0 Å². The van der Waals surface area contributed by atoms with Gasteiger partial charge in [-0.05, 0) is 6.42 Å². The maximum atomic E-state index is 12.1. The van der Waals surface area contributed by atoms with E-state index in [1.54, 1.807) is 9.80 Å². The molecule has 1 fully saturated rings. The zero-order chi connectivity index (χ0) is 12.1. The molecule has 1 amide bonds. The van der Waals surface area contributed by atoms with Crippen molar-refractivity contribution in [1.82, 2.24) is 9.80 Å². The lowest BCUT2D eigenvalue weighted by atomic mass is 10.2. The molecule has 0 aliphatic carbocycles. The first-order valence-electron chi connectivity index (χ1n) is 5.59. The molecule has 0 bridgehead atoms. The van der Waals surface area contributed by atoms with Crippen LogP contribution in [0.25, 0.3) is 0 Å². The summed E-state index contributed by atoms with van der Waals surface area (Å²) in [6.07, 6.45) is -1.70. The number of hydrogen-bond acceptors (Lipinski definition) is 3. The van der Waals surface area contributed by atoms with Gasteiger partial charge in [-0.25, -0.2) is 8.78 Å². The van der Waals surface area contributed by atoms with Gasteiger partial charge < -0.3 is 10.6 Å².